The molecule has 2 heteroatoms. The summed E-state index contributed by atoms with van der Waals surface area (Å²) in [5.74, 6) is 0. The van der Waals surface area contributed by atoms with Gasteiger partial charge in [-0.3, -0.25) is 0 Å². The highest BCUT2D eigenvalue weighted by Crippen LogP contribution is 2.34. The first-order valence-corrected chi connectivity index (χ1v) is 6.57. The molecule has 1 saturated carbocycles. The number of methoxy groups -OCH3 is 1. The van der Waals surface area contributed by atoms with Crippen molar-refractivity contribution in [1.29, 1.82) is 0 Å². The van der Waals surface area contributed by atoms with Crippen molar-refractivity contribution in [2.24, 2.45) is 0 Å². The maximum absolute atomic E-state index is 5.90. The normalized spacial score (nSPS) is 23.4. The van der Waals surface area contributed by atoms with Crippen molar-refractivity contribution in [3.05, 3.63) is 0 Å². The zero-order valence-corrected chi connectivity index (χ0v) is 10.6. The second-order valence-electron chi connectivity index (χ2n) is 4.70. The minimum absolute atomic E-state index is 0.112. The van der Waals surface area contributed by atoms with Gasteiger partial charge in [0.25, 0.3) is 0 Å². The highest BCUT2D eigenvalue weighted by molar-refractivity contribution is 4.93. The van der Waals surface area contributed by atoms with Gasteiger partial charge in [-0.05, 0) is 25.8 Å². The smallest absolute Gasteiger partial charge is 0.0830 e. The lowest BCUT2D eigenvalue weighted by molar-refractivity contribution is -0.0532. The summed E-state index contributed by atoms with van der Waals surface area (Å²) < 4.78 is 5.90. The molecule has 0 bridgehead atoms. The van der Waals surface area contributed by atoms with Gasteiger partial charge in [-0.25, -0.2) is 0 Å². The van der Waals surface area contributed by atoms with Crippen molar-refractivity contribution in [2.45, 2.75) is 70.4 Å². The van der Waals surface area contributed by atoms with E-state index in [4.69, 9.17) is 4.74 Å². The Bertz CT molecular complexity index is 162. The van der Waals surface area contributed by atoms with Gasteiger partial charge in [-0.15, -0.1) is 0 Å². The summed E-state index contributed by atoms with van der Waals surface area (Å²) >= 11 is 0. The van der Waals surface area contributed by atoms with Gasteiger partial charge in [0, 0.05) is 13.2 Å². The molecule has 0 aromatic rings. The van der Waals surface area contributed by atoms with E-state index in [-0.39, 0.29) is 5.60 Å². The van der Waals surface area contributed by atoms with Crippen LogP contribution in [0.5, 0.6) is 0 Å². The van der Waals surface area contributed by atoms with Gasteiger partial charge in [-0.1, -0.05) is 39.5 Å². The van der Waals surface area contributed by atoms with Gasteiger partial charge >= 0.3 is 0 Å². The van der Waals surface area contributed by atoms with E-state index in [0.29, 0.717) is 6.04 Å². The Hall–Kier alpha value is -0.0800. The number of likely N-dealkylation sites (N-methyl/N-ethyl adjacent to an activating group) is 1. The van der Waals surface area contributed by atoms with Crippen molar-refractivity contribution in [3.8, 4) is 0 Å². The van der Waals surface area contributed by atoms with Crippen LogP contribution in [0.1, 0.15) is 58.8 Å². The summed E-state index contributed by atoms with van der Waals surface area (Å²) in [5.41, 5.74) is 0.112. The number of nitrogens with one attached hydrogen (secondary N) is 1. The third-order valence-electron chi connectivity index (χ3n) is 3.85. The minimum Gasteiger partial charge on any atom is -0.377 e. The predicted molar refractivity (Wildman–Crippen MR) is 65.2 cm³/mol. The lowest BCUT2D eigenvalue weighted by Crippen LogP contribution is -2.51. The van der Waals surface area contributed by atoms with Crippen LogP contribution in [0.25, 0.3) is 0 Å². The van der Waals surface area contributed by atoms with E-state index in [2.05, 4.69) is 19.2 Å². The second kappa shape index (κ2) is 6.49. The van der Waals surface area contributed by atoms with Crippen molar-refractivity contribution in [2.75, 3.05) is 13.7 Å². The van der Waals surface area contributed by atoms with E-state index in [1.54, 1.807) is 0 Å². The molecule has 0 aromatic heterocycles. The van der Waals surface area contributed by atoms with Crippen LogP contribution in [0.15, 0.2) is 0 Å². The molecule has 0 spiro atoms. The fraction of sp³-hybridized carbons (Fsp3) is 1.00. The van der Waals surface area contributed by atoms with Crippen molar-refractivity contribution in [1.82, 2.24) is 5.32 Å². The third kappa shape index (κ3) is 3.18. The third-order valence-corrected chi connectivity index (χ3v) is 3.85. The quantitative estimate of drug-likeness (QED) is 0.709. The zero-order valence-electron chi connectivity index (χ0n) is 10.6. The van der Waals surface area contributed by atoms with E-state index in [1.165, 1.54) is 44.9 Å². The largest absolute Gasteiger partial charge is 0.377 e. The topological polar surface area (TPSA) is 21.3 Å². The Labute approximate surface area is 94.8 Å². The fourth-order valence-corrected chi connectivity index (χ4v) is 2.97. The first kappa shape index (κ1) is 13.0. The molecule has 0 amide bonds. The molecule has 0 saturated heterocycles. The molecule has 0 aromatic carbocycles. The zero-order chi connectivity index (χ0) is 11.1. The second-order valence-corrected chi connectivity index (χ2v) is 4.70. The van der Waals surface area contributed by atoms with Crippen LogP contribution in [-0.2, 0) is 4.74 Å². The molecule has 2 nitrogen and oxygen atoms in total. The molecule has 90 valence electrons. The molecular formula is C13H27NO. The molecule has 0 aliphatic heterocycles. The van der Waals surface area contributed by atoms with Gasteiger partial charge in [0.1, 0.15) is 0 Å². The van der Waals surface area contributed by atoms with Crippen molar-refractivity contribution in [3.63, 3.8) is 0 Å². The maximum atomic E-state index is 5.90. The molecule has 0 radical (unpaired) electrons. The molecule has 1 aliphatic carbocycles. The van der Waals surface area contributed by atoms with E-state index in [0.717, 1.165) is 6.54 Å². The van der Waals surface area contributed by atoms with Gasteiger partial charge in [0.15, 0.2) is 0 Å². The van der Waals surface area contributed by atoms with Crippen LogP contribution >= 0.6 is 0 Å². The van der Waals surface area contributed by atoms with Crippen LogP contribution < -0.4 is 5.32 Å². The van der Waals surface area contributed by atoms with Crippen LogP contribution in [0.4, 0.5) is 0 Å². The highest BCUT2D eigenvalue weighted by atomic mass is 16.5. The summed E-state index contributed by atoms with van der Waals surface area (Å²) in [4.78, 5) is 0. The Balaban J connectivity index is 2.69. The Kier molecular flexibility index (Phi) is 5.62. The van der Waals surface area contributed by atoms with Crippen molar-refractivity contribution < 1.29 is 4.74 Å². The Morgan fingerprint density at radius 3 is 2.13 bits per heavy atom. The lowest BCUT2D eigenvalue weighted by Gasteiger charge is -2.39. The van der Waals surface area contributed by atoms with E-state index >= 15 is 0 Å². The van der Waals surface area contributed by atoms with Gasteiger partial charge in [0.2, 0.25) is 0 Å². The summed E-state index contributed by atoms with van der Waals surface area (Å²) in [6.07, 6.45) is 9.05. The standard InChI is InChI=1S/C13H27NO/c1-4-12(14-5-2)13(15-3)10-8-6-7-9-11-13/h12,14H,4-11H2,1-3H3. The van der Waals surface area contributed by atoms with Crippen LogP contribution in [0, 0.1) is 0 Å². The minimum atomic E-state index is 0.112. The maximum Gasteiger partial charge on any atom is 0.0830 e. The van der Waals surface area contributed by atoms with Crippen molar-refractivity contribution >= 4 is 0 Å². The first-order valence-electron chi connectivity index (χ1n) is 6.57. The Morgan fingerprint density at radius 2 is 1.73 bits per heavy atom. The number of hydrogen-bond donors (Lipinski definition) is 1. The Morgan fingerprint density at radius 1 is 1.13 bits per heavy atom. The number of hydrogen-bond acceptors (Lipinski definition) is 2. The average molecular weight is 213 g/mol. The van der Waals surface area contributed by atoms with E-state index < -0.39 is 0 Å². The van der Waals surface area contributed by atoms with Gasteiger partial charge in [-0.2, -0.15) is 0 Å². The SMILES string of the molecule is CCNC(CC)C1(OC)CCCCCC1. The average Bonchev–Trinajstić information content (AvgIpc) is 2.52. The molecule has 15 heavy (non-hydrogen) atoms. The monoisotopic (exact) mass is 213 g/mol. The summed E-state index contributed by atoms with van der Waals surface area (Å²) in [6, 6.07) is 0.533. The van der Waals surface area contributed by atoms with E-state index in [9.17, 15) is 0 Å². The number of rotatable bonds is 5. The molecule has 1 aliphatic rings. The van der Waals surface area contributed by atoms with Gasteiger partial charge in [0.05, 0.1) is 5.60 Å². The summed E-state index contributed by atoms with van der Waals surface area (Å²) in [6.45, 7) is 5.49. The summed E-state index contributed by atoms with van der Waals surface area (Å²) in [7, 11) is 1.89. The first-order chi connectivity index (χ1) is 7.29. The highest BCUT2D eigenvalue weighted by Gasteiger charge is 2.37. The molecule has 1 N–H and O–H groups in total. The predicted octanol–water partition coefficient (Wildman–Crippen LogP) is 3.11. The van der Waals surface area contributed by atoms with Crippen LogP contribution in [0.2, 0.25) is 0 Å². The molecule has 0 heterocycles. The molecule has 1 atom stereocenters. The van der Waals surface area contributed by atoms with Crippen LogP contribution in [0.3, 0.4) is 0 Å². The van der Waals surface area contributed by atoms with E-state index in [1.807, 2.05) is 7.11 Å². The molecular weight excluding hydrogens is 186 g/mol. The van der Waals surface area contributed by atoms with Gasteiger partial charge < -0.3 is 10.1 Å². The summed E-state index contributed by atoms with van der Waals surface area (Å²) in [5, 5.41) is 3.60. The molecule has 1 rings (SSSR count). The molecule has 1 fully saturated rings. The lowest BCUT2D eigenvalue weighted by atomic mass is 9.84. The van der Waals surface area contributed by atoms with Crippen LogP contribution in [-0.4, -0.2) is 25.3 Å². The molecule has 1 unspecified atom stereocenters. The number of ether oxygens (including phenoxy) is 1. The fourth-order valence-electron chi connectivity index (χ4n) is 2.97.